The summed E-state index contributed by atoms with van der Waals surface area (Å²) in [5, 5.41) is 9.13. The van der Waals surface area contributed by atoms with Crippen LogP contribution in [0.5, 0.6) is 0 Å². The fourth-order valence-electron chi connectivity index (χ4n) is 3.54. The Labute approximate surface area is 157 Å². The predicted octanol–water partition coefficient (Wildman–Crippen LogP) is 1.97. The van der Waals surface area contributed by atoms with Crippen LogP contribution in [0.4, 0.5) is 11.4 Å². The molecule has 4 rings (SSSR count). The van der Waals surface area contributed by atoms with Gasteiger partial charge >= 0.3 is 5.97 Å². The predicted molar refractivity (Wildman–Crippen MR) is 101 cm³/mol. The summed E-state index contributed by atoms with van der Waals surface area (Å²) in [4.78, 5) is 13.4. The molecular weight excluding hydrogens is 368 g/mol. The molecule has 0 aliphatic carbocycles. The summed E-state index contributed by atoms with van der Waals surface area (Å²) in [5.74, 6) is -1.15. The van der Waals surface area contributed by atoms with Crippen LogP contribution in [0.2, 0.25) is 0 Å². The Morgan fingerprint density at radius 2 is 1.81 bits per heavy atom. The lowest BCUT2D eigenvalue weighted by Crippen LogP contribution is -2.36. The van der Waals surface area contributed by atoms with Gasteiger partial charge in [-0.3, -0.25) is 4.31 Å². The van der Waals surface area contributed by atoms with Crippen molar-refractivity contribution in [3.63, 3.8) is 0 Å². The molecule has 2 aliphatic heterocycles. The Bertz CT molecular complexity index is 983. The lowest BCUT2D eigenvalue weighted by molar-refractivity contribution is 0.0696. The van der Waals surface area contributed by atoms with Gasteiger partial charge < -0.3 is 14.7 Å². The van der Waals surface area contributed by atoms with Gasteiger partial charge in [0.2, 0.25) is 0 Å². The van der Waals surface area contributed by atoms with Gasteiger partial charge in [-0.2, -0.15) is 0 Å². The van der Waals surface area contributed by atoms with Crippen molar-refractivity contribution in [2.75, 3.05) is 42.1 Å². The van der Waals surface area contributed by atoms with Crippen molar-refractivity contribution >= 4 is 27.4 Å². The lowest BCUT2D eigenvalue weighted by Gasteiger charge is -2.29. The minimum absolute atomic E-state index is 0.00694. The van der Waals surface area contributed by atoms with Gasteiger partial charge in [0.05, 0.1) is 29.4 Å². The van der Waals surface area contributed by atoms with Gasteiger partial charge in [0.25, 0.3) is 10.0 Å². The third kappa shape index (κ3) is 3.26. The molecule has 2 aliphatic rings. The highest BCUT2D eigenvalue weighted by Crippen LogP contribution is 2.35. The Hall–Kier alpha value is -2.58. The number of nitrogens with zero attached hydrogens (tertiary/aromatic N) is 2. The van der Waals surface area contributed by atoms with Crippen LogP contribution >= 0.6 is 0 Å². The van der Waals surface area contributed by atoms with Crippen LogP contribution < -0.4 is 9.21 Å². The Morgan fingerprint density at radius 3 is 2.56 bits per heavy atom. The third-order valence-electron chi connectivity index (χ3n) is 4.96. The standard InChI is InChI=1S/C19H20N2O5S/c22-19(23)15-2-1-3-17(13-15)27(24,25)21-7-6-14-12-16(4-5-18(14)21)20-8-10-26-11-9-20/h1-5,12-13H,6-11H2,(H,22,23). The summed E-state index contributed by atoms with van der Waals surface area (Å²) in [6.45, 7) is 3.38. The zero-order valence-electron chi connectivity index (χ0n) is 14.7. The summed E-state index contributed by atoms with van der Waals surface area (Å²) < 4.78 is 32.9. The van der Waals surface area contributed by atoms with Gasteiger partial charge in [-0.1, -0.05) is 6.07 Å². The Kier molecular flexibility index (Phi) is 4.53. The number of hydrogen-bond donors (Lipinski definition) is 1. The Morgan fingerprint density at radius 1 is 1.04 bits per heavy atom. The molecule has 7 nitrogen and oxygen atoms in total. The van der Waals surface area contributed by atoms with E-state index < -0.39 is 16.0 Å². The maximum atomic E-state index is 13.1. The number of hydrogen-bond acceptors (Lipinski definition) is 5. The monoisotopic (exact) mass is 388 g/mol. The van der Waals surface area contributed by atoms with E-state index in [1.54, 1.807) is 0 Å². The van der Waals surface area contributed by atoms with Crippen LogP contribution in [-0.2, 0) is 21.2 Å². The average Bonchev–Trinajstić information content (AvgIpc) is 3.13. The van der Waals surface area contributed by atoms with Crippen molar-refractivity contribution in [2.45, 2.75) is 11.3 Å². The second-order valence-corrected chi connectivity index (χ2v) is 8.43. The molecule has 0 spiro atoms. The van der Waals surface area contributed by atoms with E-state index in [0.717, 1.165) is 24.3 Å². The number of benzene rings is 2. The molecule has 0 atom stereocenters. The van der Waals surface area contributed by atoms with Crippen LogP contribution in [0.15, 0.2) is 47.4 Å². The normalized spacial score (nSPS) is 17.0. The van der Waals surface area contributed by atoms with Crippen molar-refractivity contribution in [2.24, 2.45) is 0 Å². The second-order valence-electron chi connectivity index (χ2n) is 6.57. The molecule has 1 N–H and O–H groups in total. The zero-order chi connectivity index (χ0) is 19.0. The van der Waals surface area contributed by atoms with Gasteiger partial charge in [-0.15, -0.1) is 0 Å². The summed E-state index contributed by atoms with van der Waals surface area (Å²) in [7, 11) is -3.81. The number of anilines is 2. The van der Waals surface area contributed by atoms with Crippen LogP contribution in [0, 0.1) is 0 Å². The summed E-state index contributed by atoms with van der Waals surface area (Å²) in [6, 6.07) is 11.3. The highest BCUT2D eigenvalue weighted by Gasteiger charge is 2.31. The van der Waals surface area contributed by atoms with Crippen LogP contribution in [-0.4, -0.2) is 52.3 Å². The van der Waals surface area contributed by atoms with E-state index in [9.17, 15) is 13.2 Å². The van der Waals surface area contributed by atoms with Crippen LogP contribution in [0.1, 0.15) is 15.9 Å². The molecule has 0 radical (unpaired) electrons. The number of rotatable bonds is 4. The van der Waals surface area contributed by atoms with Crippen molar-refractivity contribution in [3.8, 4) is 0 Å². The fourth-order valence-corrected chi connectivity index (χ4v) is 5.09. The quantitative estimate of drug-likeness (QED) is 0.862. The van der Waals surface area contributed by atoms with E-state index >= 15 is 0 Å². The van der Waals surface area contributed by atoms with E-state index in [-0.39, 0.29) is 10.5 Å². The topological polar surface area (TPSA) is 87.1 Å². The molecule has 2 aromatic rings. The molecule has 8 heteroatoms. The molecular formula is C19H20N2O5S. The first kappa shape index (κ1) is 17.8. The fraction of sp³-hybridized carbons (Fsp3) is 0.316. The molecule has 27 heavy (non-hydrogen) atoms. The van der Waals surface area contributed by atoms with Gasteiger partial charge in [0.15, 0.2) is 0 Å². The van der Waals surface area contributed by atoms with Gasteiger partial charge in [0.1, 0.15) is 0 Å². The van der Waals surface area contributed by atoms with Crippen LogP contribution in [0.3, 0.4) is 0 Å². The largest absolute Gasteiger partial charge is 0.478 e. The smallest absolute Gasteiger partial charge is 0.335 e. The minimum Gasteiger partial charge on any atom is -0.478 e. The first-order valence-electron chi connectivity index (χ1n) is 8.78. The molecule has 0 bridgehead atoms. The second kappa shape index (κ2) is 6.86. The number of carboxylic acids is 1. The number of carboxylic acid groups (broad SMARTS) is 1. The van der Waals surface area contributed by atoms with Gasteiger partial charge in [-0.05, 0) is 48.4 Å². The molecule has 0 saturated carbocycles. The summed E-state index contributed by atoms with van der Waals surface area (Å²) in [5.41, 5.74) is 2.67. The van der Waals surface area contributed by atoms with E-state index in [1.807, 2.05) is 18.2 Å². The van der Waals surface area contributed by atoms with Crippen molar-refractivity contribution in [1.82, 2.24) is 0 Å². The molecule has 0 aromatic heterocycles. The SMILES string of the molecule is O=C(O)c1cccc(S(=O)(=O)N2CCc3cc(N4CCOCC4)ccc32)c1. The maximum Gasteiger partial charge on any atom is 0.335 e. The highest BCUT2D eigenvalue weighted by atomic mass is 32.2. The first-order chi connectivity index (χ1) is 13.0. The number of fused-ring (bicyclic) bond motifs is 1. The van der Waals surface area contributed by atoms with E-state index in [1.165, 1.54) is 28.6 Å². The number of morpholine rings is 1. The number of carbonyl (C=O) groups is 1. The number of aromatic carboxylic acids is 1. The summed E-state index contributed by atoms with van der Waals surface area (Å²) in [6.07, 6.45) is 0.630. The van der Waals surface area contributed by atoms with Crippen molar-refractivity contribution in [3.05, 3.63) is 53.6 Å². The summed E-state index contributed by atoms with van der Waals surface area (Å²) >= 11 is 0. The molecule has 2 aromatic carbocycles. The zero-order valence-corrected chi connectivity index (χ0v) is 15.5. The van der Waals surface area contributed by atoms with Gasteiger partial charge in [-0.25, -0.2) is 13.2 Å². The minimum atomic E-state index is -3.81. The van der Waals surface area contributed by atoms with E-state index in [0.29, 0.717) is 31.9 Å². The van der Waals surface area contributed by atoms with Gasteiger partial charge in [0, 0.05) is 25.3 Å². The molecule has 0 unspecified atom stereocenters. The maximum absolute atomic E-state index is 13.1. The third-order valence-corrected chi connectivity index (χ3v) is 6.77. The van der Waals surface area contributed by atoms with E-state index in [2.05, 4.69) is 4.90 Å². The molecule has 142 valence electrons. The van der Waals surface area contributed by atoms with Crippen molar-refractivity contribution in [1.29, 1.82) is 0 Å². The average molecular weight is 388 g/mol. The van der Waals surface area contributed by atoms with Crippen LogP contribution in [0.25, 0.3) is 0 Å². The molecule has 0 amide bonds. The lowest BCUT2D eigenvalue weighted by atomic mass is 10.1. The molecule has 2 heterocycles. The van der Waals surface area contributed by atoms with E-state index in [4.69, 9.17) is 9.84 Å². The molecule has 1 fully saturated rings. The highest BCUT2D eigenvalue weighted by molar-refractivity contribution is 7.92. The number of ether oxygens (including phenoxy) is 1. The Balaban J connectivity index is 1.65. The van der Waals surface area contributed by atoms with Crippen molar-refractivity contribution < 1.29 is 23.1 Å². The molecule has 1 saturated heterocycles. The number of sulfonamides is 1. The first-order valence-corrected chi connectivity index (χ1v) is 10.2.